The van der Waals surface area contributed by atoms with Crippen molar-refractivity contribution in [2.75, 3.05) is 0 Å². The van der Waals surface area contributed by atoms with Gasteiger partial charge in [0, 0.05) is 5.41 Å². The molecule has 1 aliphatic rings. The van der Waals surface area contributed by atoms with Crippen LogP contribution in [0.3, 0.4) is 0 Å². The third-order valence-electron chi connectivity index (χ3n) is 5.04. The van der Waals surface area contributed by atoms with Gasteiger partial charge in [0.05, 0.1) is 12.1 Å². The van der Waals surface area contributed by atoms with Crippen molar-refractivity contribution < 1.29 is 4.79 Å². The number of hydrazone groups is 1. The second-order valence-corrected chi connectivity index (χ2v) is 6.61. The number of amides is 1. The van der Waals surface area contributed by atoms with Crippen LogP contribution in [-0.2, 0) is 10.2 Å². The molecule has 0 unspecified atom stereocenters. The average molecular weight is 340 g/mol. The predicted octanol–water partition coefficient (Wildman–Crippen LogP) is 4.14. The number of carbonyl (C=O) groups is 1. The number of nitrogens with one attached hydrogen (secondary N) is 1. The molecule has 3 nitrogen and oxygen atoms in total. The largest absolute Gasteiger partial charge is 0.273 e. The molecule has 0 aromatic heterocycles. The van der Waals surface area contributed by atoms with Crippen molar-refractivity contribution in [2.45, 2.75) is 11.8 Å². The van der Waals surface area contributed by atoms with E-state index < -0.39 is 0 Å². The molecule has 3 heteroatoms. The van der Waals surface area contributed by atoms with Gasteiger partial charge in [0.1, 0.15) is 0 Å². The van der Waals surface area contributed by atoms with Gasteiger partial charge < -0.3 is 0 Å². The minimum Gasteiger partial charge on any atom is -0.273 e. The van der Waals surface area contributed by atoms with E-state index in [1.807, 2.05) is 66.7 Å². The van der Waals surface area contributed by atoms with Gasteiger partial charge in [-0.05, 0) is 23.1 Å². The maximum atomic E-state index is 12.7. The molecule has 1 atom stereocenters. The lowest BCUT2D eigenvalue weighted by Crippen LogP contribution is -2.25. The van der Waals surface area contributed by atoms with Crippen LogP contribution in [0.1, 0.15) is 23.1 Å². The Labute approximate surface area is 153 Å². The summed E-state index contributed by atoms with van der Waals surface area (Å²) in [7, 11) is 0. The minimum absolute atomic E-state index is 0.0371. The summed E-state index contributed by atoms with van der Waals surface area (Å²) >= 11 is 0. The number of nitrogens with zero attached hydrogens (tertiary/aromatic N) is 1. The SMILES string of the molecule is O=C(N/N=C\c1ccccc1)[C@H]1CC1(c1ccccc1)c1ccccc1. The second-order valence-electron chi connectivity index (χ2n) is 6.61. The van der Waals surface area contributed by atoms with Gasteiger partial charge >= 0.3 is 0 Å². The summed E-state index contributed by atoms with van der Waals surface area (Å²) in [6, 6.07) is 30.3. The summed E-state index contributed by atoms with van der Waals surface area (Å²) in [5.41, 5.74) is 5.78. The zero-order chi connectivity index (χ0) is 17.8. The molecular weight excluding hydrogens is 320 g/mol. The number of hydrogen-bond acceptors (Lipinski definition) is 2. The lowest BCUT2D eigenvalue weighted by molar-refractivity contribution is -0.122. The Kier molecular flexibility index (Phi) is 4.36. The van der Waals surface area contributed by atoms with Crippen molar-refractivity contribution in [3.8, 4) is 0 Å². The molecule has 26 heavy (non-hydrogen) atoms. The Morgan fingerprint density at radius 1 is 0.846 bits per heavy atom. The molecule has 1 saturated carbocycles. The first-order valence-corrected chi connectivity index (χ1v) is 8.80. The van der Waals surface area contributed by atoms with Crippen molar-refractivity contribution in [1.82, 2.24) is 5.43 Å². The summed E-state index contributed by atoms with van der Waals surface area (Å²) in [6.45, 7) is 0. The van der Waals surface area contributed by atoms with Gasteiger partial charge in [-0.2, -0.15) is 5.10 Å². The standard InChI is InChI=1S/C23H20N2O/c26-22(25-24-17-18-10-4-1-5-11-18)21-16-23(21,19-12-6-2-7-13-19)20-14-8-3-9-15-20/h1-15,17,21H,16H2,(H,25,26)/b24-17-/t21-/m1/s1. The number of hydrogen-bond donors (Lipinski definition) is 1. The number of rotatable bonds is 5. The van der Waals surface area contributed by atoms with E-state index >= 15 is 0 Å². The van der Waals surface area contributed by atoms with Gasteiger partial charge in [-0.15, -0.1) is 0 Å². The van der Waals surface area contributed by atoms with Crippen molar-refractivity contribution in [2.24, 2.45) is 11.0 Å². The highest BCUT2D eigenvalue weighted by atomic mass is 16.2. The monoisotopic (exact) mass is 340 g/mol. The average Bonchev–Trinajstić information content (AvgIpc) is 3.47. The molecule has 1 amide bonds. The van der Waals surface area contributed by atoms with Crippen LogP contribution in [-0.4, -0.2) is 12.1 Å². The maximum Gasteiger partial charge on any atom is 0.244 e. The van der Waals surface area contributed by atoms with Crippen molar-refractivity contribution in [3.05, 3.63) is 108 Å². The molecule has 4 rings (SSSR count). The third kappa shape index (κ3) is 3.04. The first-order valence-electron chi connectivity index (χ1n) is 8.80. The van der Waals surface area contributed by atoms with Gasteiger partial charge in [0.15, 0.2) is 0 Å². The maximum absolute atomic E-state index is 12.7. The lowest BCUT2D eigenvalue weighted by Gasteiger charge is -2.18. The van der Waals surface area contributed by atoms with E-state index in [0.29, 0.717) is 0 Å². The molecule has 0 heterocycles. The Bertz CT molecular complexity index is 865. The first kappa shape index (κ1) is 16.3. The quantitative estimate of drug-likeness (QED) is 0.550. The van der Waals surface area contributed by atoms with E-state index in [-0.39, 0.29) is 17.2 Å². The summed E-state index contributed by atoms with van der Waals surface area (Å²) in [4.78, 5) is 12.7. The third-order valence-corrected chi connectivity index (χ3v) is 5.04. The van der Waals surface area contributed by atoms with Crippen LogP contribution in [0.4, 0.5) is 0 Å². The Morgan fingerprint density at radius 3 is 1.88 bits per heavy atom. The molecule has 1 fully saturated rings. The van der Waals surface area contributed by atoms with Crippen LogP contribution >= 0.6 is 0 Å². The van der Waals surface area contributed by atoms with Gasteiger partial charge in [0.25, 0.3) is 0 Å². The molecule has 0 radical (unpaired) electrons. The van der Waals surface area contributed by atoms with E-state index in [9.17, 15) is 4.79 Å². The van der Waals surface area contributed by atoms with Gasteiger partial charge in [-0.25, -0.2) is 5.43 Å². The van der Waals surface area contributed by atoms with E-state index in [1.54, 1.807) is 6.21 Å². The normalized spacial score (nSPS) is 17.8. The van der Waals surface area contributed by atoms with Crippen LogP contribution in [0.5, 0.6) is 0 Å². The minimum atomic E-state index is -0.255. The molecule has 3 aromatic carbocycles. The van der Waals surface area contributed by atoms with Crippen LogP contribution in [0, 0.1) is 5.92 Å². The molecule has 0 spiro atoms. The zero-order valence-electron chi connectivity index (χ0n) is 14.4. The fourth-order valence-corrected chi connectivity index (χ4v) is 3.64. The molecular formula is C23H20N2O. The van der Waals surface area contributed by atoms with Crippen LogP contribution in [0.15, 0.2) is 96.1 Å². The number of benzene rings is 3. The van der Waals surface area contributed by atoms with E-state index in [2.05, 4.69) is 34.8 Å². The van der Waals surface area contributed by atoms with E-state index in [4.69, 9.17) is 0 Å². The lowest BCUT2D eigenvalue weighted by atomic mass is 9.85. The highest BCUT2D eigenvalue weighted by Gasteiger charge is 2.60. The summed E-state index contributed by atoms with van der Waals surface area (Å²) in [5, 5.41) is 4.13. The Morgan fingerprint density at radius 2 is 1.35 bits per heavy atom. The summed E-state index contributed by atoms with van der Waals surface area (Å²) in [5.74, 6) is -0.148. The summed E-state index contributed by atoms with van der Waals surface area (Å²) in [6.07, 6.45) is 2.47. The molecule has 3 aromatic rings. The first-order chi connectivity index (χ1) is 12.8. The molecule has 0 saturated heterocycles. The topological polar surface area (TPSA) is 41.5 Å². The van der Waals surface area contributed by atoms with E-state index in [0.717, 1.165) is 12.0 Å². The van der Waals surface area contributed by atoms with Gasteiger partial charge in [-0.1, -0.05) is 91.0 Å². The molecule has 0 aliphatic heterocycles. The van der Waals surface area contributed by atoms with Gasteiger partial charge in [0.2, 0.25) is 5.91 Å². The Balaban J connectivity index is 1.55. The smallest absolute Gasteiger partial charge is 0.244 e. The molecule has 128 valence electrons. The Hall–Kier alpha value is -3.20. The molecule has 1 aliphatic carbocycles. The van der Waals surface area contributed by atoms with Crippen LogP contribution in [0.2, 0.25) is 0 Å². The molecule has 0 bridgehead atoms. The van der Waals surface area contributed by atoms with Crippen molar-refractivity contribution in [3.63, 3.8) is 0 Å². The van der Waals surface area contributed by atoms with Crippen molar-refractivity contribution in [1.29, 1.82) is 0 Å². The van der Waals surface area contributed by atoms with E-state index in [1.165, 1.54) is 11.1 Å². The highest BCUT2D eigenvalue weighted by Crippen LogP contribution is 2.58. The van der Waals surface area contributed by atoms with Crippen LogP contribution in [0.25, 0.3) is 0 Å². The van der Waals surface area contributed by atoms with Crippen molar-refractivity contribution >= 4 is 12.1 Å². The molecule has 1 N–H and O–H groups in total. The second kappa shape index (κ2) is 6.96. The fraction of sp³-hybridized carbons (Fsp3) is 0.130. The fourth-order valence-electron chi connectivity index (χ4n) is 3.64. The van der Waals surface area contributed by atoms with Crippen LogP contribution < -0.4 is 5.43 Å². The highest BCUT2D eigenvalue weighted by molar-refractivity contribution is 5.87. The van der Waals surface area contributed by atoms with Gasteiger partial charge in [-0.3, -0.25) is 4.79 Å². The predicted molar refractivity (Wildman–Crippen MR) is 104 cm³/mol. The number of carbonyl (C=O) groups excluding carboxylic acids is 1. The summed E-state index contributed by atoms with van der Waals surface area (Å²) < 4.78 is 0. The zero-order valence-corrected chi connectivity index (χ0v) is 14.4.